The molecule has 1 heteroatoms. The van der Waals surface area contributed by atoms with Crippen molar-refractivity contribution in [3.63, 3.8) is 0 Å². The minimum atomic E-state index is 0. The molecule has 1 nitrogen and oxygen atoms in total. The number of hydrogen-bond donors (Lipinski definition) is 0. The highest BCUT2D eigenvalue weighted by atomic mass is 15.1. The van der Waals surface area contributed by atoms with E-state index in [0.29, 0.717) is 0 Å². The van der Waals surface area contributed by atoms with Crippen LogP contribution in [0.4, 0.5) is 0 Å². The molecule has 0 unspecified atom stereocenters. The van der Waals surface area contributed by atoms with E-state index < -0.39 is 0 Å². The summed E-state index contributed by atoms with van der Waals surface area (Å²) < 4.78 is 0. The quantitative estimate of drug-likeness (QED) is 0.593. The lowest BCUT2D eigenvalue weighted by Crippen LogP contribution is -2.30. The van der Waals surface area contributed by atoms with E-state index in [1.807, 2.05) is 0 Å². The van der Waals surface area contributed by atoms with Crippen molar-refractivity contribution in [2.24, 2.45) is 5.92 Å². The summed E-state index contributed by atoms with van der Waals surface area (Å²) in [6, 6.07) is 0. The Kier molecular flexibility index (Phi) is 5.38. The van der Waals surface area contributed by atoms with E-state index in [1.54, 1.807) is 5.57 Å². The van der Waals surface area contributed by atoms with E-state index in [-0.39, 0.29) is 7.43 Å². The molecule has 1 saturated heterocycles. The van der Waals surface area contributed by atoms with E-state index >= 15 is 0 Å². The van der Waals surface area contributed by atoms with Crippen LogP contribution >= 0.6 is 0 Å². The Balaban J connectivity index is 0.00000112. The van der Waals surface area contributed by atoms with Crippen LogP contribution in [-0.4, -0.2) is 25.0 Å². The van der Waals surface area contributed by atoms with Crippen LogP contribution in [0.2, 0.25) is 0 Å². The number of nitrogens with zero attached hydrogens (tertiary/aromatic N) is 1. The zero-order chi connectivity index (χ0) is 9.80. The fraction of sp³-hybridized carbons (Fsp3) is 0.857. The van der Waals surface area contributed by atoms with Crippen LogP contribution in [0.1, 0.15) is 52.4 Å². The Bertz CT molecular complexity index is 199. The van der Waals surface area contributed by atoms with Gasteiger partial charge in [-0.15, -0.1) is 0 Å². The van der Waals surface area contributed by atoms with Crippen LogP contribution in [0.25, 0.3) is 0 Å². The summed E-state index contributed by atoms with van der Waals surface area (Å²) in [5.41, 5.74) is 1.80. The molecule has 0 aromatic heterocycles. The zero-order valence-corrected chi connectivity index (χ0v) is 9.47. The third-order valence-corrected chi connectivity index (χ3v) is 3.82. The summed E-state index contributed by atoms with van der Waals surface area (Å²) in [5.74, 6) is 0.935. The molecule has 0 aromatic rings. The first-order valence-corrected chi connectivity index (χ1v) is 6.24. The van der Waals surface area contributed by atoms with Crippen LogP contribution in [0.5, 0.6) is 0 Å². The van der Waals surface area contributed by atoms with Gasteiger partial charge in [0.1, 0.15) is 0 Å². The van der Waals surface area contributed by atoms with E-state index in [1.165, 1.54) is 58.0 Å². The molecule has 0 amide bonds. The third-order valence-electron chi connectivity index (χ3n) is 3.82. The average molecular weight is 209 g/mol. The van der Waals surface area contributed by atoms with Crippen LogP contribution in [-0.2, 0) is 0 Å². The predicted molar refractivity (Wildman–Crippen MR) is 68.1 cm³/mol. The highest BCUT2D eigenvalue weighted by molar-refractivity contribution is 5.09. The molecule has 15 heavy (non-hydrogen) atoms. The fourth-order valence-corrected chi connectivity index (χ4v) is 2.79. The van der Waals surface area contributed by atoms with Crippen molar-refractivity contribution in [3.05, 3.63) is 11.6 Å². The molecule has 0 atom stereocenters. The summed E-state index contributed by atoms with van der Waals surface area (Å²) in [6.45, 7) is 2.62. The monoisotopic (exact) mass is 209 g/mol. The summed E-state index contributed by atoms with van der Waals surface area (Å²) in [7, 11) is 2.25. The molecule has 1 aliphatic heterocycles. The molecule has 2 rings (SSSR count). The lowest BCUT2D eigenvalue weighted by molar-refractivity contribution is 0.235. The Morgan fingerprint density at radius 1 is 1.13 bits per heavy atom. The molecule has 0 aromatic carbocycles. The smallest absolute Gasteiger partial charge is 0.00161 e. The van der Waals surface area contributed by atoms with E-state index in [2.05, 4.69) is 18.0 Å². The van der Waals surface area contributed by atoms with Crippen molar-refractivity contribution in [2.45, 2.75) is 52.4 Å². The second-order valence-electron chi connectivity index (χ2n) is 4.96. The average Bonchev–Trinajstić information content (AvgIpc) is 2.47. The largest absolute Gasteiger partial charge is 0.306 e. The van der Waals surface area contributed by atoms with E-state index in [0.717, 1.165) is 5.92 Å². The maximum atomic E-state index is 2.56. The van der Waals surface area contributed by atoms with Gasteiger partial charge in [0.2, 0.25) is 0 Å². The van der Waals surface area contributed by atoms with Crippen molar-refractivity contribution in [3.8, 4) is 0 Å². The number of piperidine rings is 1. The van der Waals surface area contributed by atoms with Gasteiger partial charge in [-0.05, 0) is 64.6 Å². The highest BCUT2D eigenvalue weighted by Gasteiger charge is 2.20. The Morgan fingerprint density at radius 3 is 2.60 bits per heavy atom. The van der Waals surface area contributed by atoms with Crippen LogP contribution in [0.15, 0.2) is 11.6 Å². The first kappa shape index (κ1) is 12.8. The van der Waals surface area contributed by atoms with Gasteiger partial charge in [-0.2, -0.15) is 0 Å². The van der Waals surface area contributed by atoms with Crippen molar-refractivity contribution in [1.29, 1.82) is 0 Å². The molecule has 0 N–H and O–H groups in total. The third kappa shape index (κ3) is 3.64. The standard InChI is InChI=1S/C13H23N.CH4/c1-14-10-8-13(9-11-14)12-6-4-2-3-5-7-12;/h6,13H,2-5,7-11H2,1H3;1H4. The molecule has 0 radical (unpaired) electrons. The van der Waals surface area contributed by atoms with Crippen LogP contribution in [0, 0.1) is 5.92 Å². The summed E-state index contributed by atoms with van der Waals surface area (Å²) in [6.07, 6.45) is 12.4. The highest BCUT2D eigenvalue weighted by Crippen LogP contribution is 2.30. The molecule has 0 bridgehead atoms. The van der Waals surface area contributed by atoms with Crippen molar-refractivity contribution >= 4 is 0 Å². The SMILES string of the molecule is C.CN1CCC(C2=CCCCCC2)CC1. The van der Waals surface area contributed by atoms with Gasteiger partial charge in [0, 0.05) is 0 Å². The first-order valence-electron chi connectivity index (χ1n) is 6.24. The number of likely N-dealkylation sites (tertiary alicyclic amines) is 1. The van der Waals surface area contributed by atoms with Gasteiger partial charge in [0.05, 0.1) is 0 Å². The van der Waals surface area contributed by atoms with Crippen LogP contribution in [0.3, 0.4) is 0 Å². The minimum Gasteiger partial charge on any atom is -0.306 e. The minimum absolute atomic E-state index is 0. The van der Waals surface area contributed by atoms with Crippen molar-refractivity contribution in [1.82, 2.24) is 4.90 Å². The first-order chi connectivity index (χ1) is 6.86. The molecular formula is C14H27N. The van der Waals surface area contributed by atoms with Gasteiger partial charge in [0.25, 0.3) is 0 Å². The second kappa shape index (κ2) is 6.32. The normalized spacial score (nSPS) is 25.3. The lowest BCUT2D eigenvalue weighted by atomic mass is 9.87. The molecule has 2 aliphatic rings. The maximum absolute atomic E-state index is 2.56. The molecule has 1 heterocycles. The summed E-state index contributed by atoms with van der Waals surface area (Å²) in [4.78, 5) is 2.47. The molecular weight excluding hydrogens is 182 g/mol. The van der Waals surface area contributed by atoms with Crippen LogP contribution < -0.4 is 0 Å². The number of hydrogen-bond acceptors (Lipinski definition) is 1. The molecule has 88 valence electrons. The topological polar surface area (TPSA) is 3.24 Å². The molecule has 0 saturated carbocycles. The van der Waals surface area contributed by atoms with Gasteiger partial charge < -0.3 is 4.90 Å². The lowest BCUT2D eigenvalue weighted by Gasteiger charge is -2.30. The Labute approximate surface area is 95.5 Å². The van der Waals surface area contributed by atoms with Gasteiger partial charge in [-0.25, -0.2) is 0 Å². The summed E-state index contributed by atoms with van der Waals surface area (Å²) in [5, 5.41) is 0. The Morgan fingerprint density at radius 2 is 1.87 bits per heavy atom. The maximum Gasteiger partial charge on any atom is -0.00161 e. The Hall–Kier alpha value is -0.300. The van der Waals surface area contributed by atoms with Crippen molar-refractivity contribution in [2.75, 3.05) is 20.1 Å². The van der Waals surface area contributed by atoms with Gasteiger partial charge in [0.15, 0.2) is 0 Å². The fourth-order valence-electron chi connectivity index (χ4n) is 2.79. The van der Waals surface area contributed by atoms with E-state index in [9.17, 15) is 0 Å². The van der Waals surface area contributed by atoms with Crippen molar-refractivity contribution < 1.29 is 0 Å². The van der Waals surface area contributed by atoms with Gasteiger partial charge in [-0.3, -0.25) is 0 Å². The van der Waals surface area contributed by atoms with Gasteiger partial charge in [-0.1, -0.05) is 25.5 Å². The molecule has 0 spiro atoms. The number of rotatable bonds is 1. The van der Waals surface area contributed by atoms with Gasteiger partial charge >= 0.3 is 0 Å². The number of allylic oxidation sites excluding steroid dienone is 2. The predicted octanol–water partition coefficient (Wildman–Crippen LogP) is 3.85. The molecule has 1 aliphatic carbocycles. The second-order valence-corrected chi connectivity index (χ2v) is 4.96. The summed E-state index contributed by atoms with van der Waals surface area (Å²) >= 11 is 0. The van der Waals surface area contributed by atoms with E-state index in [4.69, 9.17) is 0 Å². The molecule has 1 fully saturated rings. The zero-order valence-electron chi connectivity index (χ0n) is 9.47.